The van der Waals surface area contributed by atoms with Crippen LogP contribution < -0.4 is 0 Å². The molecule has 3 heteroatoms. The number of aryl methyl sites for hydroxylation is 1. The molecular weight excluding hydrogens is 276 g/mol. The van der Waals surface area contributed by atoms with E-state index in [-0.39, 0.29) is 6.42 Å². The average Bonchev–Trinajstić information content (AvgIpc) is 2.52. The first-order valence-electron chi connectivity index (χ1n) is 8.59. The van der Waals surface area contributed by atoms with Crippen LogP contribution in [0.15, 0.2) is 24.3 Å². The van der Waals surface area contributed by atoms with E-state index in [1.165, 1.54) is 38.5 Å². The van der Waals surface area contributed by atoms with Gasteiger partial charge in [-0.2, -0.15) is 0 Å². The normalized spacial score (nSPS) is 10.8. The molecule has 0 aromatic heterocycles. The van der Waals surface area contributed by atoms with E-state index in [9.17, 15) is 4.79 Å². The number of carboxylic acids is 1. The molecule has 0 fully saturated rings. The van der Waals surface area contributed by atoms with Crippen LogP contribution in [0.2, 0.25) is 0 Å². The predicted octanol–water partition coefficient (Wildman–Crippen LogP) is 4.97. The van der Waals surface area contributed by atoms with Gasteiger partial charge in [-0.25, -0.2) is 0 Å². The van der Waals surface area contributed by atoms with Gasteiger partial charge >= 0.3 is 5.97 Å². The van der Waals surface area contributed by atoms with Crippen LogP contribution in [0.1, 0.15) is 69.4 Å². The van der Waals surface area contributed by atoms with Crippen LogP contribution in [0.5, 0.6) is 0 Å². The molecule has 0 radical (unpaired) electrons. The molecule has 0 amide bonds. The lowest BCUT2D eigenvalue weighted by atomic mass is 10.1. The Balaban J connectivity index is 2.09. The topological polar surface area (TPSA) is 46.5 Å². The van der Waals surface area contributed by atoms with Crippen molar-refractivity contribution < 1.29 is 14.6 Å². The molecule has 0 bridgehead atoms. The molecule has 1 aromatic carbocycles. The smallest absolute Gasteiger partial charge is 0.303 e. The molecule has 1 aromatic rings. The van der Waals surface area contributed by atoms with Crippen molar-refractivity contribution >= 4 is 5.97 Å². The zero-order valence-electron chi connectivity index (χ0n) is 13.9. The van der Waals surface area contributed by atoms with Crippen molar-refractivity contribution in [1.82, 2.24) is 0 Å². The van der Waals surface area contributed by atoms with Crippen molar-refractivity contribution in [2.45, 2.75) is 71.3 Å². The van der Waals surface area contributed by atoms with Gasteiger partial charge in [-0.3, -0.25) is 4.79 Å². The molecule has 0 aliphatic carbocycles. The molecule has 0 saturated heterocycles. The van der Waals surface area contributed by atoms with Crippen LogP contribution in [0, 0.1) is 0 Å². The maximum Gasteiger partial charge on any atom is 0.303 e. The third-order valence-corrected chi connectivity index (χ3v) is 3.78. The van der Waals surface area contributed by atoms with Gasteiger partial charge in [0.05, 0.1) is 6.61 Å². The Labute approximate surface area is 134 Å². The van der Waals surface area contributed by atoms with Crippen LogP contribution in [0.25, 0.3) is 0 Å². The summed E-state index contributed by atoms with van der Waals surface area (Å²) >= 11 is 0. The van der Waals surface area contributed by atoms with Gasteiger partial charge in [0, 0.05) is 13.0 Å². The maximum absolute atomic E-state index is 10.6. The molecule has 0 atom stereocenters. The predicted molar refractivity (Wildman–Crippen MR) is 90.0 cm³/mol. The summed E-state index contributed by atoms with van der Waals surface area (Å²) in [6, 6.07) is 8.04. The first kappa shape index (κ1) is 18.7. The number of hydrogen-bond donors (Lipinski definition) is 1. The molecule has 0 aliphatic heterocycles. The van der Waals surface area contributed by atoms with Gasteiger partial charge < -0.3 is 9.84 Å². The second-order valence-corrected chi connectivity index (χ2v) is 5.89. The molecule has 3 nitrogen and oxygen atoms in total. The average molecular weight is 306 g/mol. The van der Waals surface area contributed by atoms with Gasteiger partial charge in [0.2, 0.25) is 0 Å². The van der Waals surface area contributed by atoms with Gasteiger partial charge in [-0.1, -0.05) is 69.7 Å². The fraction of sp³-hybridized carbons (Fsp3) is 0.632. The highest BCUT2D eigenvalue weighted by atomic mass is 16.5. The summed E-state index contributed by atoms with van der Waals surface area (Å²) < 4.78 is 5.71. The van der Waals surface area contributed by atoms with Gasteiger partial charge in [0.1, 0.15) is 0 Å². The number of carbonyl (C=O) groups is 1. The summed E-state index contributed by atoms with van der Waals surface area (Å²) in [5, 5.41) is 8.71. The van der Waals surface area contributed by atoms with Gasteiger partial charge in [-0.05, 0) is 24.0 Å². The highest BCUT2D eigenvalue weighted by Gasteiger charge is 2.01. The fourth-order valence-corrected chi connectivity index (χ4v) is 2.48. The Morgan fingerprint density at radius 3 is 2.45 bits per heavy atom. The lowest BCUT2D eigenvalue weighted by Crippen LogP contribution is -1.99. The van der Waals surface area contributed by atoms with Crippen molar-refractivity contribution in [2.24, 2.45) is 0 Å². The number of ether oxygens (including phenoxy) is 1. The molecule has 124 valence electrons. The van der Waals surface area contributed by atoms with E-state index < -0.39 is 5.97 Å². The highest BCUT2D eigenvalue weighted by Crippen LogP contribution is 2.10. The number of carboxylic acid groups (broad SMARTS) is 1. The van der Waals surface area contributed by atoms with Gasteiger partial charge in [-0.15, -0.1) is 0 Å². The number of hydrogen-bond acceptors (Lipinski definition) is 2. The molecule has 1 rings (SSSR count). The lowest BCUT2D eigenvalue weighted by molar-refractivity contribution is -0.136. The van der Waals surface area contributed by atoms with Gasteiger partial charge in [0.25, 0.3) is 0 Å². The molecule has 0 aliphatic rings. The first-order chi connectivity index (χ1) is 10.7. The van der Waals surface area contributed by atoms with E-state index in [1.807, 2.05) is 24.3 Å². The molecule has 1 N–H and O–H groups in total. The molecular formula is C19H30O3. The SMILES string of the molecule is CCCCCCCCCOCc1cccc(CCC(=O)O)c1. The summed E-state index contributed by atoms with van der Waals surface area (Å²) in [6.07, 6.45) is 9.83. The minimum Gasteiger partial charge on any atom is -0.481 e. The maximum atomic E-state index is 10.6. The van der Waals surface area contributed by atoms with Crippen molar-refractivity contribution in [3.63, 3.8) is 0 Å². The van der Waals surface area contributed by atoms with Crippen LogP contribution in [0.3, 0.4) is 0 Å². The Kier molecular flexibility index (Phi) is 10.4. The second kappa shape index (κ2) is 12.2. The Morgan fingerprint density at radius 1 is 1.05 bits per heavy atom. The van der Waals surface area contributed by atoms with E-state index in [1.54, 1.807) is 0 Å². The summed E-state index contributed by atoms with van der Waals surface area (Å²) in [7, 11) is 0. The monoisotopic (exact) mass is 306 g/mol. The highest BCUT2D eigenvalue weighted by molar-refractivity contribution is 5.67. The number of aliphatic carboxylic acids is 1. The lowest BCUT2D eigenvalue weighted by Gasteiger charge is -2.06. The first-order valence-corrected chi connectivity index (χ1v) is 8.59. The molecule has 0 unspecified atom stereocenters. The van der Waals surface area contributed by atoms with E-state index in [0.717, 1.165) is 24.2 Å². The Bertz CT molecular complexity index is 415. The van der Waals surface area contributed by atoms with Crippen LogP contribution in [-0.4, -0.2) is 17.7 Å². The molecule has 0 spiro atoms. The van der Waals surface area contributed by atoms with E-state index in [2.05, 4.69) is 6.92 Å². The van der Waals surface area contributed by atoms with Crippen LogP contribution >= 0.6 is 0 Å². The van der Waals surface area contributed by atoms with E-state index in [0.29, 0.717) is 13.0 Å². The molecule has 0 heterocycles. The van der Waals surface area contributed by atoms with E-state index in [4.69, 9.17) is 9.84 Å². The Hall–Kier alpha value is -1.35. The third-order valence-electron chi connectivity index (χ3n) is 3.78. The largest absolute Gasteiger partial charge is 0.481 e. The van der Waals surface area contributed by atoms with E-state index >= 15 is 0 Å². The number of rotatable bonds is 13. The van der Waals surface area contributed by atoms with Crippen LogP contribution in [-0.2, 0) is 22.6 Å². The van der Waals surface area contributed by atoms with Crippen molar-refractivity contribution in [3.8, 4) is 0 Å². The zero-order chi connectivity index (χ0) is 16.0. The van der Waals surface area contributed by atoms with Crippen molar-refractivity contribution in [3.05, 3.63) is 35.4 Å². The molecule has 0 saturated carbocycles. The third kappa shape index (κ3) is 9.56. The van der Waals surface area contributed by atoms with Gasteiger partial charge in [0.15, 0.2) is 0 Å². The quantitative estimate of drug-likeness (QED) is 0.523. The van der Waals surface area contributed by atoms with Crippen LogP contribution in [0.4, 0.5) is 0 Å². The number of unbranched alkanes of at least 4 members (excludes halogenated alkanes) is 6. The Morgan fingerprint density at radius 2 is 1.73 bits per heavy atom. The number of benzene rings is 1. The standard InChI is InChI=1S/C19H30O3/c1-2-3-4-5-6-7-8-14-22-16-18-11-9-10-17(15-18)12-13-19(20)21/h9-11,15H,2-8,12-14,16H2,1H3,(H,20,21). The second-order valence-electron chi connectivity index (χ2n) is 5.89. The summed E-state index contributed by atoms with van der Waals surface area (Å²) in [4.78, 5) is 10.6. The fourth-order valence-electron chi connectivity index (χ4n) is 2.48. The zero-order valence-corrected chi connectivity index (χ0v) is 13.9. The minimum atomic E-state index is -0.749. The van der Waals surface area contributed by atoms with Crippen molar-refractivity contribution in [1.29, 1.82) is 0 Å². The minimum absolute atomic E-state index is 0.183. The molecule has 22 heavy (non-hydrogen) atoms. The summed E-state index contributed by atoms with van der Waals surface area (Å²) in [5.41, 5.74) is 2.20. The summed E-state index contributed by atoms with van der Waals surface area (Å²) in [6.45, 7) is 3.67. The summed E-state index contributed by atoms with van der Waals surface area (Å²) in [5.74, 6) is -0.749. The van der Waals surface area contributed by atoms with Crippen molar-refractivity contribution in [2.75, 3.05) is 6.61 Å².